The average Bonchev–Trinajstić information content (AvgIpc) is 2.23. The minimum Gasteiger partial charge on any atom is -0.370 e. The molecule has 0 aliphatic rings. The van der Waals surface area contributed by atoms with Crippen molar-refractivity contribution in [2.75, 3.05) is 19.0 Å². The van der Waals surface area contributed by atoms with E-state index in [0.717, 1.165) is 0 Å². The predicted octanol–water partition coefficient (Wildman–Crippen LogP) is 0.647. The van der Waals surface area contributed by atoms with E-state index in [1.807, 2.05) is 0 Å². The van der Waals surface area contributed by atoms with Gasteiger partial charge in [0.1, 0.15) is 6.10 Å². The lowest BCUT2D eigenvalue weighted by atomic mass is 10.3. The molecular weight excluding hydrogens is 218 g/mol. The van der Waals surface area contributed by atoms with E-state index in [1.165, 1.54) is 13.3 Å². The Labute approximate surface area is 92.6 Å². The molecule has 0 fully saturated rings. The lowest BCUT2D eigenvalue weighted by Crippen LogP contribution is -2.36. The van der Waals surface area contributed by atoms with Crippen LogP contribution in [0.2, 0.25) is 5.15 Å². The molecule has 82 valence electrons. The van der Waals surface area contributed by atoms with Crippen molar-refractivity contribution in [1.29, 1.82) is 0 Å². The Morgan fingerprint density at radius 1 is 1.80 bits per heavy atom. The zero-order valence-electron chi connectivity index (χ0n) is 8.24. The summed E-state index contributed by atoms with van der Waals surface area (Å²) in [6, 6.07) is 3.32. The van der Waals surface area contributed by atoms with E-state index in [2.05, 4.69) is 10.3 Å². The van der Waals surface area contributed by atoms with Gasteiger partial charge in [0.25, 0.3) is 5.91 Å². The monoisotopic (exact) mass is 229 g/mol. The maximum absolute atomic E-state index is 11.5. The van der Waals surface area contributed by atoms with Gasteiger partial charge in [-0.2, -0.15) is 0 Å². The first kappa shape index (κ1) is 11.9. The van der Waals surface area contributed by atoms with Crippen LogP contribution in [0.25, 0.3) is 0 Å². The van der Waals surface area contributed by atoms with Gasteiger partial charge >= 0.3 is 0 Å². The summed E-state index contributed by atoms with van der Waals surface area (Å²) in [6.45, 7) is 0.111. The van der Waals surface area contributed by atoms with Gasteiger partial charge in [-0.05, 0) is 12.1 Å². The van der Waals surface area contributed by atoms with Crippen molar-refractivity contribution in [3.63, 3.8) is 0 Å². The number of halogens is 1. The number of pyridine rings is 1. The van der Waals surface area contributed by atoms with E-state index in [0.29, 0.717) is 5.69 Å². The summed E-state index contributed by atoms with van der Waals surface area (Å²) in [4.78, 5) is 15.3. The van der Waals surface area contributed by atoms with Gasteiger partial charge < -0.3 is 15.8 Å². The number of hydrogen-bond acceptors (Lipinski definition) is 4. The van der Waals surface area contributed by atoms with Crippen LogP contribution in [-0.4, -0.2) is 30.6 Å². The topological polar surface area (TPSA) is 77.2 Å². The molecule has 0 saturated carbocycles. The molecular formula is C9H12ClN3O2. The fraction of sp³-hybridized carbons (Fsp3) is 0.333. The molecule has 0 bridgehead atoms. The Hall–Kier alpha value is -1.17. The first-order valence-corrected chi connectivity index (χ1v) is 4.71. The second-order valence-electron chi connectivity index (χ2n) is 2.79. The van der Waals surface area contributed by atoms with E-state index in [4.69, 9.17) is 22.1 Å². The van der Waals surface area contributed by atoms with E-state index in [-0.39, 0.29) is 17.6 Å². The van der Waals surface area contributed by atoms with E-state index < -0.39 is 6.10 Å². The minimum atomic E-state index is -0.679. The fourth-order valence-electron chi connectivity index (χ4n) is 1.00. The van der Waals surface area contributed by atoms with Crippen LogP contribution < -0.4 is 11.1 Å². The zero-order chi connectivity index (χ0) is 11.3. The lowest BCUT2D eigenvalue weighted by Gasteiger charge is -2.13. The molecule has 15 heavy (non-hydrogen) atoms. The van der Waals surface area contributed by atoms with Crippen molar-refractivity contribution in [3.05, 3.63) is 23.5 Å². The van der Waals surface area contributed by atoms with Crippen molar-refractivity contribution in [2.45, 2.75) is 6.10 Å². The Morgan fingerprint density at radius 2 is 2.53 bits per heavy atom. The highest BCUT2D eigenvalue weighted by atomic mass is 35.5. The minimum absolute atomic E-state index is 0.111. The van der Waals surface area contributed by atoms with Gasteiger partial charge in [0.15, 0.2) is 5.15 Å². The molecule has 0 spiro atoms. The Morgan fingerprint density at radius 3 is 3.07 bits per heavy atom. The number of nitrogens with two attached hydrogens (primary N) is 1. The SMILES string of the molecule is COC(CN)C(=O)Nc1cccnc1Cl. The summed E-state index contributed by atoms with van der Waals surface area (Å²) in [5.41, 5.74) is 5.79. The Kier molecular flexibility index (Phi) is 4.48. The molecule has 1 heterocycles. The van der Waals surface area contributed by atoms with E-state index in [9.17, 15) is 4.79 Å². The molecule has 1 aromatic heterocycles. The molecule has 0 saturated heterocycles. The van der Waals surface area contributed by atoms with Gasteiger partial charge in [0.2, 0.25) is 0 Å². The van der Waals surface area contributed by atoms with Crippen molar-refractivity contribution < 1.29 is 9.53 Å². The Balaban J connectivity index is 2.70. The number of carbonyl (C=O) groups is 1. The van der Waals surface area contributed by atoms with Crippen LogP contribution in [0.15, 0.2) is 18.3 Å². The molecule has 1 rings (SSSR count). The van der Waals surface area contributed by atoms with Gasteiger partial charge in [-0.1, -0.05) is 11.6 Å². The number of anilines is 1. The molecule has 1 atom stereocenters. The molecule has 1 unspecified atom stereocenters. The van der Waals surface area contributed by atoms with Gasteiger partial charge in [-0.15, -0.1) is 0 Å². The van der Waals surface area contributed by atoms with Crippen molar-refractivity contribution in [2.24, 2.45) is 5.73 Å². The normalized spacial score (nSPS) is 12.2. The summed E-state index contributed by atoms with van der Waals surface area (Å²) in [5.74, 6) is -0.338. The summed E-state index contributed by atoms with van der Waals surface area (Å²) >= 11 is 5.76. The molecule has 0 aliphatic carbocycles. The third-order valence-electron chi connectivity index (χ3n) is 1.81. The first-order chi connectivity index (χ1) is 7.19. The zero-order valence-corrected chi connectivity index (χ0v) is 8.99. The average molecular weight is 230 g/mol. The van der Waals surface area contributed by atoms with Crippen molar-refractivity contribution >= 4 is 23.2 Å². The highest BCUT2D eigenvalue weighted by Crippen LogP contribution is 2.17. The van der Waals surface area contributed by atoms with Crippen molar-refractivity contribution in [3.8, 4) is 0 Å². The van der Waals surface area contributed by atoms with Crippen LogP contribution in [0.4, 0.5) is 5.69 Å². The number of amides is 1. The highest BCUT2D eigenvalue weighted by molar-refractivity contribution is 6.32. The van der Waals surface area contributed by atoms with Crippen LogP contribution in [-0.2, 0) is 9.53 Å². The smallest absolute Gasteiger partial charge is 0.254 e. The highest BCUT2D eigenvalue weighted by Gasteiger charge is 2.16. The third-order valence-corrected chi connectivity index (χ3v) is 2.11. The number of nitrogens with one attached hydrogen (secondary N) is 1. The van der Waals surface area contributed by atoms with Crippen LogP contribution in [0.1, 0.15) is 0 Å². The fourth-order valence-corrected chi connectivity index (χ4v) is 1.17. The van der Waals surface area contributed by atoms with Crippen LogP contribution in [0, 0.1) is 0 Å². The molecule has 0 radical (unpaired) electrons. The molecule has 1 aromatic rings. The van der Waals surface area contributed by atoms with Crippen LogP contribution in [0.3, 0.4) is 0 Å². The number of rotatable bonds is 4. The number of methoxy groups -OCH3 is 1. The van der Waals surface area contributed by atoms with Crippen LogP contribution >= 0.6 is 11.6 Å². The molecule has 6 heteroatoms. The van der Waals surface area contributed by atoms with Gasteiger partial charge in [-0.25, -0.2) is 4.98 Å². The number of hydrogen-bond donors (Lipinski definition) is 2. The van der Waals surface area contributed by atoms with E-state index in [1.54, 1.807) is 12.1 Å². The first-order valence-electron chi connectivity index (χ1n) is 4.33. The molecule has 5 nitrogen and oxygen atoms in total. The second kappa shape index (κ2) is 5.65. The standard InChI is InChI=1S/C9H12ClN3O2/c1-15-7(5-11)9(14)13-6-3-2-4-12-8(6)10/h2-4,7H,5,11H2,1H3,(H,13,14). The lowest BCUT2D eigenvalue weighted by molar-refractivity contribution is -0.125. The van der Waals surface area contributed by atoms with Crippen LogP contribution in [0.5, 0.6) is 0 Å². The number of aromatic nitrogens is 1. The van der Waals surface area contributed by atoms with E-state index >= 15 is 0 Å². The summed E-state index contributed by atoms with van der Waals surface area (Å²) < 4.78 is 4.87. The number of ether oxygens (including phenoxy) is 1. The summed E-state index contributed by atoms with van der Waals surface area (Å²) in [5, 5.41) is 2.81. The number of carbonyl (C=O) groups excluding carboxylic acids is 1. The molecule has 3 N–H and O–H groups in total. The quantitative estimate of drug-likeness (QED) is 0.743. The van der Waals surface area contributed by atoms with Gasteiger partial charge in [0.05, 0.1) is 5.69 Å². The maximum Gasteiger partial charge on any atom is 0.254 e. The van der Waals surface area contributed by atoms with Crippen molar-refractivity contribution in [1.82, 2.24) is 4.98 Å². The number of nitrogens with zero attached hydrogens (tertiary/aromatic N) is 1. The maximum atomic E-state index is 11.5. The predicted molar refractivity (Wildman–Crippen MR) is 57.7 cm³/mol. The molecule has 0 aromatic carbocycles. The van der Waals surface area contributed by atoms with Gasteiger partial charge in [-0.3, -0.25) is 4.79 Å². The second-order valence-corrected chi connectivity index (χ2v) is 3.15. The molecule has 1 amide bonds. The molecule has 0 aliphatic heterocycles. The summed E-state index contributed by atoms with van der Waals surface area (Å²) in [6.07, 6.45) is 0.857. The Bertz CT molecular complexity index is 342. The largest absolute Gasteiger partial charge is 0.370 e. The third kappa shape index (κ3) is 3.16. The van der Waals surface area contributed by atoms with Gasteiger partial charge in [0, 0.05) is 19.9 Å². The summed E-state index contributed by atoms with van der Waals surface area (Å²) in [7, 11) is 1.42.